The Morgan fingerprint density at radius 1 is 1.25 bits per heavy atom. The monoisotopic (exact) mass is 453 g/mol. The van der Waals surface area contributed by atoms with Crippen molar-refractivity contribution in [3.05, 3.63) is 70.1 Å². The number of carbonyl (C=O) groups is 1. The lowest BCUT2D eigenvalue weighted by atomic mass is 10.0. The van der Waals surface area contributed by atoms with Gasteiger partial charge in [-0.05, 0) is 62.2 Å². The van der Waals surface area contributed by atoms with Crippen LogP contribution in [0.3, 0.4) is 0 Å². The van der Waals surface area contributed by atoms with Crippen LogP contribution in [0.2, 0.25) is 5.02 Å². The molecule has 164 valence electrons. The molecule has 9 heteroatoms. The van der Waals surface area contributed by atoms with Crippen molar-refractivity contribution in [1.29, 1.82) is 0 Å². The number of hydrogen-bond donors (Lipinski definition) is 2. The highest BCUT2D eigenvalue weighted by atomic mass is 35.5. The highest BCUT2D eigenvalue weighted by molar-refractivity contribution is 6.34. The molecule has 1 aromatic heterocycles. The Hall–Kier alpha value is -3.23. The van der Waals surface area contributed by atoms with E-state index in [1.165, 1.54) is 40.4 Å². The maximum atomic E-state index is 14.6. The van der Waals surface area contributed by atoms with Gasteiger partial charge in [-0.25, -0.2) is 9.37 Å². The molecule has 0 atom stereocenters. The first-order chi connectivity index (χ1) is 15.3. The van der Waals surface area contributed by atoms with Crippen LogP contribution in [0.15, 0.2) is 42.6 Å². The number of nitrogens with one attached hydrogen (secondary N) is 2. The summed E-state index contributed by atoms with van der Waals surface area (Å²) < 4.78 is 20.6. The summed E-state index contributed by atoms with van der Waals surface area (Å²) in [6.45, 7) is 5.12. The van der Waals surface area contributed by atoms with Crippen molar-refractivity contribution < 1.29 is 13.9 Å². The Bertz CT molecular complexity index is 1210. The number of fused-ring (bicyclic) bond motifs is 2. The largest absolute Gasteiger partial charge is 0.450 e. The van der Waals surface area contributed by atoms with Gasteiger partial charge in [-0.1, -0.05) is 23.7 Å². The van der Waals surface area contributed by atoms with Gasteiger partial charge in [0.25, 0.3) is 5.91 Å². The molecule has 0 unspecified atom stereocenters. The zero-order valence-corrected chi connectivity index (χ0v) is 18.3. The molecule has 5 rings (SSSR count). The van der Waals surface area contributed by atoms with Crippen LogP contribution in [-0.4, -0.2) is 28.1 Å². The fourth-order valence-corrected chi connectivity index (χ4v) is 4.30. The Kier molecular flexibility index (Phi) is 4.98. The first-order valence-electron chi connectivity index (χ1n) is 10.3. The number of carbonyl (C=O) groups excluding carboxylic acids is 1. The summed E-state index contributed by atoms with van der Waals surface area (Å²) in [5, 5.41) is 6.64. The summed E-state index contributed by atoms with van der Waals surface area (Å²) in [7, 11) is 0. The van der Waals surface area contributed by atoms with Crippen LogP contribution in [-0.2, 0) is 13.0 Å². The van der Waals surface area contributed by atoms with Crippen molar-refractivity contribution in [1.82, 2.24) is 15.3 Å². The van der Waals surface area contributed by atoms with Gasteiger partial charge in [0.1, 0.15) is 17.1 Å². The molecule has 3 heterocycles. The van der Waals surface area contributed by atoms with Gasteiger partial charge >= 0.3 is 0 Å². The molecular formula is C23H21ClFN5O2. The SMILES string of the molecule is CC1(C)Oc2nc(Nc3ccc4c(c3)CCNC4)ncc2C(=O)N1c1c(F)cccc1Cl. The van der Waals surface area contributed by atoms with E-state index in [2.05, 4.69) is 32.7 Å². The molecule has 0 aliphatic carbocycles. The zero-order chi connectivity index (χ0) is 22.5. The van der Waals surface area contributed by atoms with Crippen LogP contribution < -0.4 is 20.3 Å². The van der Waals surface area contributed by atoms with E-state index in [-0.39, 0.29) is 22.2 Å². The molecule has 2 aromatic carbocycles. The minimum absolute atomic E-state index is 0.0411. The quantitative estimate of drug-likeness (QED) is 0.610. The standard InChI is InChI=1S/C23H21ClFN5O2/c1-23(2)30(19-17(24)4-3-5-18(19)25)21(31)16-12-27-22(29-20(16)32-23)28-15-7-6-14-11-26-9-8-13(14)10-15/h3-7,10,12,26H,8-9,11H2,1-2H3,(H,27,28,29). The lowest BCUT2D eigenvalue weighted by molar-refractivity contribution is 0.0601. The van der Waals surface area contributed by atoms with Crippen LogP contribution in [0.4, 0.5) is 21.7 Å². The van der Waals surface area contributed by atoms with Crippen molar-refractivity contribution >= 4 is 34.8 Å². The lowest BCUT2D eigenvalue weighted by Gasteiger charge is -2.42. The number of nitrogens with zero attached hydrogens (tertiary/aromatic N) is 3. The molecular weight excluding hydrogens is 433 g/mol. The van der Waals surface area contributed by atoms with E-state index in [1.54, 1.807) is 13.8 Å². The zero-order valence-electron chi connectivity index (χ0n) is 17.6. The summed E-state index contributed by atoms with van der Waals surface area (Å²) in [5.41, 5.74) is 2.27. The normalized spacial score (nSPS) is 16.8. The summed E-state index contributed by atoms with van der Waals surface area (Å²) in [4.78, 5) is 23.2. The van der Waals surface area contributed by atoms with E-state index < -0.39 is 17.4 Å². The Morgan fingerprint density at radius 2 is 2.09 bits per heavy atom. The Balaban J connectivity index is 1.47. The molecule has 7 nitrogen and oxygen atoms in total. The van der Waals surface area contributed by atoms with Gasteiger partial charge in [0, 0.05) is 18.4 Å². The molecule has 0 saturated carbocycles. The third kappa shape index (κ3) is 3.55. The number of rotatable bonds is 3. The lowest BCUT2D eigenvalue weighted by Crippen LogP contribution is -2.56. The second-order valence-corrected chi connectivity index (χ2v) is 8.61. The molecule has 2 aliphatic heterocycles. The second kappa shape index (κ2) is 7.72. The topological polar surface area (TPSA) is 79.4 Å². The number of halogens is 2. The van der Waals surface area contributed by atoms with E-state index in [0.29, 0.717) is 5.95 Å². The number of ether oxygens (including phenoxy) is 1. The maximum absolute atomic E-state index is 14.6. The predicted molar refractivity (Wildman–Crippen MR) is 120 cm³/mol. The van der Waals surface area contributed by atoms with Crippen molar-refractivity contribution in [2.45, 2.75) is 32.5 Å². The molecule has 0 spiro atoms. The van der Waals surface area contributed by atoms with Crippen LogP contribution in [0.5, 0.6) is 5.88 Å². The highest BCUT2D eigenvalue weighted by Gasteiger charge is 2.44. The molecule has 32 heavy (non-hydrogen) atoms. The summed E-state index contributed by atoms with van der Waals surface area (Å²) in [5.74, 6) is -0.675. The number of amides is 1. The van der Waals surface area contributed by atoms with Crippen LogP contribution in [0.25, 0.3) is 0 Å². The number of aromatic nitrogens is 2. The van der Waals surface area contributed by atoms with E-state index in [0.717, 1.165) is 25.2 Å². The van der Waals surface area contributed by atoms with E-state index in [1.807, 2.05) is 6.07 Å². The number of benzene rings is 2. The van der Waals surface area contributed by atoms with Crippen molar-refractivity contribution in [3.63, 3.8) is 0 Å². The number of hydrogen-bond acceptors (Lipinski definition) is 6. The van der Waals surface area contributed by atoms with Crippen LogP contribution in [0.1, 0.15) is 35.3 Å². The van der Waals surface area contributed by atoms with E-state index in [9.17, 15) is 9.18 Å². The van der Waals surface area contributed by atoms with E-state index in [4.69, 9.17) is 16.3 Å². The average Bonchev–Trinajstić information content (AvgIpc) is 2.75. The predicted octanol–water partition coefficient (Wildman–Crippen LogP) is 4.43. The second-order valence-electron chi connectivity index (χ2n) is 8.21. The fourth-order valence-electron chi connectivity index (χ4n) is 4.06. The smallest absolute Gasteiger partial charge is 0.268 e. The third-order valence-corrected chi connectivity index (χ3v) is 5.89. The molecule has 0 bridgehead atoms. The van der Waals surface area contributed by atoms with Crippen LogP contribution in [0, 0.1) is 5.82 Å². The van der Waals surface area contributed by atoms with Crippen molar-refractivity contribution in [2.24, 2.45) is 0 Å². The van der Waals surface area contributed by atoms with Gasteiger partial charge in [-0.15, -0.1) is 0 Å². The molecule has 0 radical (unpaired) electrons. The first-order valence-corrected chi connectivity index (χ1v) is 10.7. The van der Waals surface area contributed by atoms with Gasteiger partial charge in [-0.3, -0.25) is 9.69 Å². The Morgan fingerprint density at radius 3 is 2.91 bits per heavy atom. The number of para-hydroxylation sites is 1. The average molecular weight is 454 g/mol. The number of anilines is 3. The molecule has 2 N–H and O–H groups in total. The molecule has 0 fully saturated rings. The van der Waals surface area contributed by atoms with E-state index >= 15 is 0 Å². The third-order valence-electron chi connectivity index (χ3n) is 5.58. The minimum atomic E-state index is -1.22. The minimum Gasteiger partial charge on any atom is -0.450 e. The summed E-state index contributed by atoms with van der Waals surface area (Å²) >= 11 is 6.21. The van der Waals surface area contributed by atoms with Gasteiger partial charge in [0.15, 0.2) is 5.72 Å². The van der Waals surface area contributed by atoms with Gasteiger partial charge in [0.2, 0.25) is 11.8 Å². The van der Waals surface area contributed by atoms with Gasteiger partial charge < -0.3 is 15.4 Å². The first kappa shape index (κ1) is 20.7. The van der Waals surface area contributed by atoms with Crippen molar-refractivity contribution in [2.75, 3.05) is 16.8 Å². The van der Waals surface area contributed by atoms with Crippen LogP contribution >= 0.6 is 11.6 Å². The molecule has 0 saturated heterocycles. The van der Waals surface area contributed by atoms with Gasteiger partial charge in [0.05, 0.1) is 5.02 Å². The maximum Gasteiger partial charge on any atom is 0.268 e. The fraction of sp³-hybridized carbons (Fsp3) is 0.261. The Labute approximate surface area is 189 Å². The van der Waals surface area contributed by atoms with Crippen molar-refractivity contribution in [3.8, 4) is 5.88 Å². The molecule has 3 aromatic rings. The molecule has 2 aliphatic rings. The summed E-state index contributed by atoms with van der Waals surface area (Å²) in [6, 6.07) is 10.4. The highest BCUT2D eigenvalue weighted by Crippen LogP contribution is 2.40. The van der Waals surface area contributed by atoms with Gasteiger partial charge in [-0.2, -0.15) is 4.98 Å². The summed E-state index contributed by atoms with van der Waals surface area (Å²) in [6.07, 6.45) is 2.34. The molecule has 1 amide bonds.